The van der Waals surface area contributed by atoms with Crippen molar-refractivity contribution in [3.8, 4) is 0 Å². The third kappa shape index (κ3) is 6.08. The molecule has 2 aromatic carbocycles. The number of amides is 1. The maximum atomic E-state index is 12.1. The Bertz CT molecular complexity index is 869. The molecule has 0 bridgehead atoms. The van der Waals surface area contributed by atoms with E-state index in [0.29, 0.717) is 24.6 Å². The second kappa shape index (κ2) is 9.69. The molecule has 0 aliphatic rings. The lowest BCUT2D eigenvalue weighted by Gasteiger charge is -2.07. The van der Waals surface area contributed by atoms with E-state index < -0.39 is 0 Å². The lowest BCUT2D eigenvalue weighted by molar-refractivity contribution is 0.0949. The van der Waals surface area contributed by atoms with Gasteiger partial charge in [0.2, 0.25) is 0 Å². The van der Waals surface area contributed by atoms with Crippen LogP contribution in [0.3, 0.4) is 0 Å². The van der Waals surface area contributed by atoms with Crippen molar-refractivity contribution >= 4 is 23.3 Å². The van der Waals surface area contributed by atoms with Gasteiger partial charge in [-0.1, -0.05) is 54.1 Å². The SMILES string of the molecule is O=C(NCCc1ccccc1)c1cnc(NCCc2cccc(Cl)c2)cn1. The molecule has 0 aliphatic carbocycles. The van der Waals surface area contributed by atoms with Crippen molar-refractivity contribution in [2.45, 2.75) is 12.8 Å². The third-order valence-corrected chi connectivity index (χ3v) is 4.27. The van der Waals surface area contributed by atoms with Gasteiger partial charge in [0.25, 0.3) is 5.91 Å². The number of hydrogen-bond acceptors (Lipinski definition) is 4. The average Bonchev–Trinajstić information content (AvgIpc) is 2.69. The van der Waals surface area contributed by atoms with Gasteiger partial charge in [-0.3, -0.25) is 4.79 Å². The fraction of sp³-hybridized carbons (Fsp3) is 0.190. The molecule has 0 saturated heterocycles. The molecule has 0 radical (unpaired) electrons. The molecule has 0 saturated carbocycles. The molecule has 0 atom stereocenters. The highest BCUT2D eigenvalue weighted by molar-refractivity contribution is 6.30. The van der Waals surface area contributed by atoms with Gasteiger partial charge in [0.1, 0.15) is 11.5 Å². The van der Waals surface area contributed by atoms with Crippen LogP contribution in [0.25, 0.3) is 0 Å². The summed E-state index contributed by atoms with van der Waals surface area (Å²) in [6, 6.07) is 17.8. The predicted molar refractivity (Wildman–Crippen MR) is 108 cm³/mol. The summed E-state index contributed by atoms with van der Waals surface area (Å²) in [6.45, 7) is 1.27. The Morgan fingerprint density at radius 3 is 2.41 bits per heavy atom. The van der Waals surface area contributed by atoms with E-state index in [9.17, 15) is 4.79 Å². The van der Waals surface area contributed by atoms with Crippen LogP contribution in [0.2, 0.25) is 5.02 Å². The molecule has 6 heteroatoms. The van der Waals surface area contributed by atoms with Crippen molar-refractivity contribution < 1.29 is 4.79 Å². The van der Waals surface area contributed by atoms with Crippen LogP contribution in [-0.2, 0) is 12.8 Å². The topological polar surface area (TPSA) is 66.9 Å². The van der Waals surface area contributed by atoms with Crippen molar-refractivity contribution in [3.05, 3.63) is 88.8 Å². The molecule has 1 heterocycles. The second-order valence-corrected chi connectivity index (χ2v) is 6.52. The smallest absolute Gasteiger partial charge is 0.271 e. The monoisotopic (exact) mass is 380 g/mol. The van der Waals surface area contributed by atoms with Gasteiger partial charge < -0.3 is 10.6 Å². The number of anilines is 1. The lowest BCUT2D eigenvalue weighted by Crippen LogP contribution is -2.26. The van der Waals surface area contributed by atoms with E-state index in [1.165, 1.54) is 11.8 Å². The minimum atomic E-state index is -0.219. The van der Waals surface area contributed by atoms with Gasteiger partial charge in [-0.05, 0) is 36.1 Å². The fourth-order valence-electron chi connectivity index (χ4n) is 2.62. The maximum absolute atomic E-state index is 12.1. The first kappa shape index (κ1) is 18.9. The number of benzene rings is 2. The van der Waals surface area contributed by atoms with Crippen LogP contribution in [0.5, 0.6) is 0 Å². The molecular weight excluding hydrogens is 360 g/mol. The number of carbonyl (C=O) groups excluding carboxylic acids is 1. The molecular formula is C21H21ClN4O. The minimum Gasteiger partial charge on any atom is -0.368 e. The summed E-state index contributed by atoms with van der Waals surface area (Å²) >= 11 is 5.98. The van der Waals surface area contributed by atoms with Gasteiger partial charge in [0.05, 0.1) is 12.4 Å². The van der Waals surface area contributed by atoms with Gasteiger partial charge in [-0.2, -0.15) is 0 Å². The van der Waals surface area contributed by atoms with Crippen LogP contribution >= 0.6 is 11.6 Å². The molecule has 2 N–H and O–H groups in total. The highest BCUT2D eigenvalue weighted by atomic mass is 35.5. The first-order valence-electron chi connectivity index (χ1n) is 8.83. The van der Waals surface area contributed by atoms with Crippen molar-refractivity contribution in [1.82, 2.24) is 15.3 Å². The number of hydrogen-bond donors (Lipinski definition) is 2. The third-order valence-electron chi connectivity index (χ3n) is 4.04. The molecule has 0 fully saturated rings. The Labute approximate surface area is 163 Å². The van der Waals surface area contributed by atoms with E-state index in [0.717, 1.165) is 23.4 Å². The number of rotatable bonds is 8. The molecule has 3 aromatic rings. The summed E-state index contributed by atoms with van der Waals surface area (Å²) in [4.78, 5) is 20.6. The lowest BCUT2D eigenvalue weighted by atomic mass is 10.1. The van der Waals surface area contributed by atoms with E-state index in [1.807, 2.05) is 54.6 Å². The highest BCUT2D eigenvalue weighted by Crippen LogP contribution is 2.11. The van der Waals surface area contributed by atoms with Crippen LogP contribution in [-0.4, -0.2) is 29.0 Å². The quantitative estimate of drug-likeness (QED) is 0.624. The summed E-state index contributed by atoms with van der Waals surface area (Å²) in [7, 11) is 0. The van der Waals surface area contributed by atoms with Crippen LogP contribution in [0.4, 0.5) is 5.82 Å². The Balaban J connectivity index is 1.43. The second-order valence-electron chi connectivity index (χ2n) is 6.09. The molecule has 0 aliphatic heterocycles. The van der Waals surface area contributed by atoms with Crippen molar-refractivity contribution in [1.29, 1.82) is 0 Å². The molecule has 1 amide bonds. The first-order valence-corrected chi connectivity index (χ1v) is 9.21. The Morgan fingerprint density at radius 1 is 0.889 bits per heavy atom. The minimum absolute atomic E-state index is 0.219. The maximum Gasteiger partial charge on any atom is 0.271 e. The number of nitrogens with one attached hydrogen (secondary N) is 2. The zero-order chi connectivity index (χ0) is 18.9. The van der Waals surface area contributed by atoms with Crippen LogP contribution in [0.15, 0.2) is 67.0 Å². The Morgan fingerprint density at radius 2 is 1.67 bits per heavy atom. The van der Waals surface area contributed by atoms with E-state index in [4.69, 9.17) is 11.6 Å². The number of aromatic nitrogens is 2. The summed E-state index contributed by atoms with van der Waals surface area (Å²) in [5.74, 6) is 0.418. The summed E-state index contributed by atoms with van der Waals surface area (Å²) in [6.07, 6.45) is 4.66. The van der Waals surface area contributed by atoms with Gasteiger partial charge >= 0.3 is 0 Å². The molecule has 27 heavy (non-hydrogen) atoms. The number of nitrogens with zero attached hydrogens (tertiary/aromatic N) is 2. The molecule has 1 aromatic heterocycles. The van der Waals surface area contributed by atoms with Gasteiger partial charge in [-0.15, -0.1) is 0 Å². The zero-order valence-corrected chi connectivity index (χ0v) is 15.6. The molecule has 0 unspecified atom stereocenters. The predicted octanol–water partition coefficient (Wildman–Crippen LogP) is 3.76. The van der Waals surface area contributed by atoms with Crippen LogP contribution < -0.4 is 10.6 Å². The molecule has 5 nitrogen and oxygen atoms in total. The number of carbonyl (C=O) groups is 1. The standard InChI is InChI=1S/C21H21ClN4O/c22-18-8-4-7-17(13-18)10-11-23-20-15-25-19(14-26-20)21(27)24-12-9-16-5-2-1-3-6-16/h1-8,13-15H,9-12H2,(H,23,26)(H,24,27). The normalized spacial score (nSPS) is 10.4. The Hall–Kier alpha value is -2.92. The highest BCUT2D eigenvalue weighted by Gasteiger charge is 2.07. The van der Waals surface area contributed by atoms with Gasteiger partial charge in [0, 0.05) is 18.1 Å². The van der Waals surface area contributed by atoms with Gasteiger partial charge in [0.15, 0.2) is 0 Å². The fourth-order valence-corrected chi connectivity index (χ4v) is 2.83. The van der Waals surface area contributed by atoms with Crippen LogP contribution in [0, 0.1) is 0 Å². The average molecular weight is 381 g/mol. The van der Waals surface area contributed by atoms with E-state index in [1.54, 1.807) is 6.20 Å². The molecule has 3 rings (SSSR count). The molecule has 138 valence electrons. The number of halogens is 1. The van der Waals surface area contributed by atoms with E-state index in [2.05, 4.69) is 20.6 Å². The van der Waals surface area contributed by atoms with Crippen molar-refractivity contribution in [3.63, 3.8) is 0 Å². The summed E-state index contributed by atoms with van der Waals surface area (Å²) in [5, 5.41) is 6.79. The first-order chi connectivity index (χ1) is 13.2. The van der Waals surface area contributed by atoms with Crippen molar-refractivity contribution in [2.24, 2.45) is 0 Å². The van der Waals surface area contributed by atoms with Crippen molar-refractivity contribution in [2.75, 3.05) is 18.4 Å². The summed E-state index contributed by atoms with van der Waals surface area (Å²) < 4.78 is 0. The zero-order valence-electron chi connectivity index (χ0n) is 14.9. The van der Waals surface area contributed by atoms with Gasteiger partial charge in [-0.25, -0.2) is 9.97 Å². The Kier molecular flexibility index (Phi) is 6.77. The molecule has 0 spiro atoms. The van der Waals surface area contributed by atoms with E-state index in [-0.39, 0.29) is 5.91 Å². The summed E-state index contributed by atoms with van der Waals surface area (Å²) in [5.41, 5.74) is 2.64. The van der Waals surface area contributed by atoms with Crippen LogP contribution in [0.1, 0.15) is 21.6 Å². The largest absolute Gasteiger partial charge is 0.368 e. The van der Waals surface area contributed by atoms with E-state index >= 15 is 0 Å².